The van der Waals surface area contributed by atoms with Gasteiger partial charge in [-0.05, 0) is 58.0 Å². The Bertz CT molecular complexity index is 1610. The Morgan fingerprint density at radius 3 is 2.60 bits per heavy atom. The van der Waals surface area contributed by atoms with Gasteiger partial charge in [-0.2, -0.15) is 13.2 Å². The SMILES string of the molecule is COCCOc1ccc2cc(F)c(-c3nnc4ccc([C@@H](N(C(=O)OC(C)(C)C)[C@H]5CCNC5)C(F)(F)F)cn34)nc2c1. The maximum Gasteiger partial charge on any atom is 0.413 e. The average molecular weight is 605 g/mol. The number of benzene rings is 1. The van der Waals surface area contributed by atoms with Crippen LogP contribution in [0.5, 0.6) is 5.75 Å². The first-order valence-electron chi connectivity index (χ1n) is 13.7. The number of methoxy groups -OCH3 is 1. The van der Waals surface area contributed by atoms with E-state index in [1.54, 1.807) is 46.1 Å². The van der Waals surface area contributed by atoms with Crippen molar-refractivity contribution in [2.45, 2.75) is 51.1 Å². The number of ether oxygens (including phenoxy) is 3. The molecule has 4 aromatic rings. The predicted octanol–water partition coefficient (Wildman–Crippen LogP) is 5.31. The topological polar surface area (TPSA) is 103 Å². The Labute approximate surface area is 244 Å². The standard InChI is InChI=1S/C29H32F4N6O4/c1-28(2,3)43-27(40)39(19-9-10-34-15-19)25(29(31,32)33)18-6-8-23-36-37-26(38(23)16-18)24-21(30)13-17-5-7-20(14-22(17)35-24)42-12-11-41-4/h5-8,13-14,16,19,25,34H,9-12,15H2,1-4H3/t19-,25+/m0/s1. The van der Waals surface area contributed by atoms with Crippen LogP contribution in [-0.2, 0) is 9.47 Å². The molecule has 1 N–H and O–H groups in total. The van der Waals surface area contributed by atoms with Crippen LogP contribution in [0.1, 0.15) is 38.8 Å². The maximum absolute atomic E-state index is 15.4. The van der Waals surface area contributed by atoms with Gasteiger partial charge in [-0.15, -0.1) is 10.2 Å². The molecule has 0 unspecified atom stereocenters. The van der Waals surface area contributed by atoms with Gasteiger partial charge >= 0.3 is 12.3 Å². The summed E-state index contributed by atoms with van der Waals surface area (Å²) in [5, 5.41) is 11.6. The monoisotopic (exact) mass is 604 g/mol. The first-order chi connectivity index (χ1) is 20.4. The van der Waals surface area contributed by atoms with Gasteiger partial charge in [0.25, 0.3) is 0 Å². The second kappa shape index (κ2) is 11.9. The number of nitrogens with zero attached hydrogens (tertiary/aromatic N) is 5. The first kappa shape index (κ1) is 30.4. The van der Waals surface area contributed by atoms with E-state index >= 15 is 4.39 Å². The highest BCUT2D eigenvalue weighted by molar-refractivity contribution is 5.82. The second-order valence-corrected chi connectivity index (χ2v) is 11.2. The smallest absolute Gasteiger partial charge is 0.413 e. The normalized spacial score (nSPS) is 16.5. The second-order valence-electron chi connectivity index (χ2n) is 11.2. The lowest BCUT2D eigenvalue weighted by Gasteiger charge is -2.38. The lowest BCUT2D eigenvalue weighted by molar-refractivity contribution is -0.188. The van der Waals surface area contributed by atoms with Crippen molar-refractivity contribution in [2.24, 2.45) is 0 Å². The molecule has 1 saturated heterocycles. The van der Waals surface area contributed by atoms with Crippen LogP contribution in [0.15, 0.2) is 42.6 Å². The van der Waals surface area contributed by atoms with Crippen LogP contribution < -0.4 is 10.1 Å². The number of aromatic nitrogens is 4. The van der Waals surface area contributed by atoms with Crippen LogP contribution in [0.3, 0.4) is 0 Å². The van der Waals surface area contributed by atoms with E-state index in [1.807, 2.05) is 0 Å². The van der Waals surface area contributed by atoms with Crippen molar-refractivity contribution in [2.75, 3.05) is 33.4 Å². The quantitative estimate of drug-likeness (QED) is 0.213. The summed E-state index contributed by atoms with van der Waals surface area (Å²) >= 11 is 0. The number of carbonyl (C=O) groups is 1. The van der Waals surface area contributed by atoms with Gasteiger partial charge in [0.15, 0.2) is 23.3 Å². The molecule has 0 aliphatic carbocycles. The Kier molecular flexibility index (Phi) is 8.43. The minimum Gasteiger partial charge on any atom is -0.491 e. The molecular weight excluding hydrogens is 572 g/mol. The minimum absolute atomic E-state index is 0.103. The fourth-order valence-corrected chi connectivity index (χ4v) is 5.01. The largest absolute Gasteiger partial charge is 0.491 e. The van der Waals surface area contributed by atoms with E-state index in [0.717, 1.165) is 11.1 Å². The molecule has 0 bridgehead atoms. The zero-order chi connectivity index (χ0) is 30.9. The van der Waals surface area contributed by atoms with Crippen LogP contribution in [0, 0.1) is 5.82 Å². The molecule has 0 spiro atoms. The molecule has 5 rings (SSSR count). The molecule has 43 heavy (non-hydrogen) atoms. The number of carbonyl (C=O) groups excluding carboxylic acids is 1. The van der Waals surface area contributed by atoms with Crippen molar-refractivity contribution in [1.82, 2.24) is 29.8 Å². The highest BCUT2D eigenvalue weighted by atomic mass is 19.4. The minimum atomic E-state index is -4.87. The van der Waals surface area contributed by atoms with E-state index < -0.39 is 35.8 Å². The summed E-state index contributed by atoms with van der Waals surface area (Å²) in [6, 6.07) is 5.66. The van der Waals surface area contributed by atoms with Gasteiger partial charge in [0.2, 0.25) is 0 Å². The van der Waals surface area contributed by atoms with Gasteiger partial charge < -0.3 is 19.5 Å². The van der Waals surface area contributed by atoms with E-state index in [2.05, 4.69) is 20.5 Å². The van der Waals surface area contributed by atoms with E-state index in [0.29, 0.717) is 42.8 Å². The zero-order valence-electron chi connectivity index (χ0n) is 24.1. The van der Waals surface area contributed by atoms with Crippen LogP contribution in [0.25, 0.3) is 28.1 Å². The highest BCUT2D eigenvalue weighted by Gasteiger charge is 2.50. The molecule has 2 atom stereocenters. The van der Waals surface area contributed by atoms with Gasteiger partial charge in [0.05, 0.1) is 12.1 Å². The fourth-order valence-electron chi connectivity index (χ4n) is 5.01. The molecule has 4 heterocycles. The van der Waals surface area contributed by atoms with Crippen molar-refractivity contribution >= 4 is 22.6 Å². The third kappa shape index (κ3) is 6.64. The lowest BCUT2D eigenvalue weighted by atomic mass is 10.0. The summed E-state index contributed by atoms with van der Waals surface area (Å²) in [6.45, 7) is 6.07. The van der Waals surface area contributed by atoms with E-state index in [9.17, 15) is 18.0 Å². The Balaban J connectivity index is 1.59. The molecule has 3 aromatic heterocycles. The van der Waals surface area contributed by atoms with Gasteiger partial charge in [-0.25, -0.2) is 14.2 Å². The van der Waals surface area contributed by atoms with E-state index in [-0.39, 0.29) is 29.3 Å². The summed E-state index contributed by atoms with van der Waals surface area (Å²) in [6.07, 6.45) is -4.47. The Hall–Kier alpha value is -4.04. The number of rotatable bonds is 8. The summed E-state index contributed by atoms with van der Waals surface area (Å²) < 4.78 is 77.2. The molecule has 0 radical (unpaired) electrons. The number of fused-ring (bicyclic) bond motifs is 2. The zero-order valence-corrected chi connectivity index (χ0v) is 24.1. The van der Waals surface area contributed by atoms with Gasteiger partial charge in [0, 0.05) is 42.9 Å². The Morgan fingerprint density at radius 1 is 1.14 bits per heavy atom. The maximum atomic E-state index is 15.4. The molecule has 14 heteroatoms. The van der Waals surface area contributed by atoms with Crippen molar-refractivity contribution in [3.8, 4) is 17.3 Å². The van der Waals surface area contributed by atoms with Crippen LogP contribution in [-0.4, -0.2) is 81.8 Å². The van der Waals surface area contributed by atoms with Crippen molar-refractivity contribution < 1.29 is 36.6 Å². The summed E-state index contributed by atoms with van der Waals surface area (Å²) in [4.78, 5) is 18.4. The summed E-state index contributed by atoms with van der Waals surface area (Å²) in [5.41, 5.74) is -0.939. The van der Waals surface area contributed by atoms with Gasteiger partial charge in [-0.1, -0.05) is 6.07 Å². The van der Waals surface area contributed by atoms with Crippen LogP contribution in [0.2, 0.25) is 0 Å². The number of amides is 1. The third-order valence-electron chi connectivity index (χ3n) is 6.87. The molecule has 10 nitrogen and oxygen atoms in total. The molecule has 1 aliphatic rings. The number of hydrogen-bond donors (Lipinski definition) is 1. The molecule has 1 fully saturated rings. The van der Waals surface area contributed by atoms with E-state index in [1.165, 1.54) is 22.6 Å². The number of halogens is 4. The number of hydrogen-bond acceptors (Lipinski definition) is 8. The molecule has 1 aromatic carbocycles. The molecule has 230 valence electrons. The van der Waals surface area contributed by atoms with Crippen molar-refractivity contribution in [3.05, 3.63) is 54.0 Å². The van der Waals surface area contributed by atoms with Crippen molar-refractivity contribution in [3.63, 3.8) is 0 Å². The Morgan fingerprint density at radius 2 is 1.93 bits per heavy atom. The number of nitrogens with one attached hydrogen (secondary N) is 1. The lowest BCUT2D eigenvalue weighted by Crippen LogP contribution is -2.50. The van der Waals surface area contributed by atoms with Crippen LogP contribution >= 0.6 is 0 Å². The molecule has 1 amide bonds. The van der Waals surface area contributed by atoms with Crippen LogP contribution in [0.4, 0.5) is 22.4 Å². The predicted molar refractivity (Wildman–Crippen MR) is 149 cm³/mol. The van der Waals surface area contributed by atoms with E-state index in [4.69, 9.17) is 14.2 Å². The average Bonchev–Trinajstić information content (AvgIpc) is 3.60. The van der Waals surface area contributed by atoms with Gasteiger partial charge in [0.1, 0.15) is 23.7 Å². The van der Waals surface area contributed by atoms with Crippen molar-refractivity contribution in [1.29, 1.82) is 0 Å². The summed E-state index contributed by atoms with van der Waals surface area (Å²) in [7, 11) is 1.55. The molecular formula is C29H32F4N6O4. The molecule has 1 aliphatic heterocycles. The number of pyridine rings is 2. The summed E-state index contributed by atoms with van der Waals surface area (Å²) in [5.74, 6) is -0.353. The number of alkyl halides is 3. The third-order valence-corrected chi connectivity index (χ3v) is 6.87. The molecule has 0 saturated carbocycles. The first-order valence-corrected chi connectivity index (χ1v) is 13.7. The van der Waals surface area contributed by atoms with Gasteiger partial charge in [-0.3, -0.25) is 9.30 Å². The fraction of sp³-hybridized carbons (Fsp3) is 0.448. The highest BCUT2D eigenvalue weighted by Crippen LogP contribution is 2.41.